The summed E-state index contributed by atoms with van der Waals surface area (Å²) in [5.74, 6) is 1.69. The first-order valence-electron chi connectivity index (χ1n) is 6.73. The number of nitrogens with two attached hydrogens (primary N) is 1. The quantitative estimate of drug-likeness (QED) is 0.880. The number of aryl methyl sites for hydroxylation is 2. The minimum Gasteiger partial charge on any atom is -0.466 e. The Labute approximate surface area is 115 Å². The van der Waals surface area contributed by atoms with Crippen molar-refractivity contribution in [1.82, 2.24) is 5.32 Å². The van der Waals surface area contributed by atoms with Crippen molar-refractivity contribution >= 4 is 5.91 Å². The number of furan rings is 1. The second-order valence-electron chi connectivity index (χ2n) is 6.33. The number of amides is 1. The molecule has 0 aromatic carbocycles. The van der Waals surface area contributed by atoms with Gasteiger partial charge >= 0.3 is 0 Å². The molecule has 4 heteroatoms. The van der Waals surface area contributed by atoms with Crippen LogP contribution >= 0.6 is 0 Å². The van der Waals surface area contributed by atoms with Crippen LogP contribution in [0.3, 0.4) is 0 Å². The largest absolute Gasteiger partial charge is 0.466 e. The summed E-state index contributed by atoms with van der Waals surface area (Å²) in [7, 11) is 0. The lowest BCUT2D eigenvalue weighted by molar-refractivity contribution is -0.122. The van der Waals surface area contributed by atoms with E-state index in [2.05, 4.69) is 5.32 Å². The summed E-state index contributed by atoms with van der Waals surface area (Å²) >= 11 is 0. The fourth-order valence-corrected chi connectivity index (χ4v) is 1.96. The molecular weight excluding hydrogens is 240 g/mol. The summed E-state index contributed by atoms with van der Waals surface area (Å²) in [6.45, 7) is 11.9. The summed E-state index contributed by atoms with van der Waals surface area (Å²) in [6, 6.07) is 1.76. The molecule has 0 radical (unpaired) electrons. The highest BCUT2D eigenvalue weighted by Crippen LogP contribution is 2.22. The van der Waals surface area contributed by atoms with Crippen LogP contribution in [0.15, 0.2) is 10.5 Å². The molecule has 1 aromatic rings. The molecule has 4 nitrogen and oxygen atoms in total. The van der Waals surface area contributed by atoms with Crippen LogP contribution < -0.4 is 11.1 Å². The molecule has 1 heterocycles. The van der Waals surface area contributed by atoms with Crippen LogP contribution in [-0.4, -0.2) is 11.9 Å². The zero-order chi connectivity index (χ0) is 14.8. The summed E-state index contributed by atoms with van der Waals surface area (Å²) in [6.07, 6.45) is 0.337. The van der Waals surface area contributed by atoms with E-state index in [0.29, 0.717) is 6.42 Å². The van der Waals surface area contributed by atoms with Gasteiger partial charge in [0.1, 0.15) is 11.5 Å². The maximum absolute atomic E-state index is 12.0. The molecule has 0 aliphatic rings. The Morgan fingerprint density at radius 1 is 1.42 bits per heavy atom. The fraction of sp³-hybridized carbons (Fsp3) is 0.667. The molecule has 19 heavy (non-hydrogen) atoms. The summed E-state index contributed by atoms with van der Waals surface area (Å²) < 4.78 is 5.48. The molecule has 0 fully saturated rings. The predicted octanol–water partition coefficient (Wildman–Crippen LogP) is 2.84. The smallest absolute Gasteiger partial charge is 0.222 e. The first-order valence-corrected chi connectivity index (χ1v) is 6.73. The highest BCUT2D eigenvalue weighted by Gasteiger charge is 2.24. The first-order chi connectivity index (χ1) is 8.61. The number of hydrogen-bond donors (Lipinski definition) is 2. The summed E-state index contributed by atoms with van der Waals surface area (Å²) in [5, 5.41) is 2.97. The van der Waals surface area contributed by atoms with Crippen molar-refractivity contribution in [3.8, 4) is 0 Å². The van der Waals surface area contributed by atoms with Crippen LogP contribution in [0.2, 0.25) is 0 Å². The Morgan fingerprint density at radius 3 is 2.42 bits per heavy atom. The first kappa shape index (κ1) is 15.8. The number of hydrogen-bond acceptors (Lipinski definition) is 3. The normalized spacial score (nSPS) is 15.1. The van der Waals surface area contributed by atoms with Gasteiger partial charge in [-0.2, -0.15) is 0 Å². The molecule has 2 atom stereocenters. The Bertz CT molecular complexity index is 443. The van der Waals surface area contributed by atoms with Gasteiger partial charge in [0.25, 0.3) is 0 Å². The van der Waals surface area contributed by atoms with Crippen molar-refractivity contribution in [1.29, 1.82) is 0 Å². The topological polar surface area (TPSA) is 68.3 Å². The Hall–Kier alpha value is -1.29. The van der Waals surface area contributed by atoms with Gasteiger partial charge in [0.15, 0.2) is 0 Å². The van der Waals surface area contributed by atoms with Crippen molar-refractivity contribution in [2.45, 2.75) is 60.0 Å². The average Bonchev–Trinajstić information content (AvgIpc) is 2.56. The maximum atomic E-state index is 12.0. The Kier molecular flexibility index (Phi) is 4.80. The molecule has 0 saturated carbocycles. The van der Waals surface area contributed by atoms with Crippen LogP contribution in [0, 0.1) is 19.3 Å². The van der Waals surface area contributed by atoms with E-state index >= 15 is 0 Å². The van der Waals surface area contributed by atoms with Crippen molar-refractivity contribution in [3.05, 3.63) is 23.2 Å². The van der Waals surface area contributed by atoms with E-state index in [4.69, 9.17) is 10.2 Å². The zero-order valence-electron chi connectivity index (χ0n) is 12.8. The third kappa shape index (κ3) is 4.39. The maximum Gasteiger partial charge on any atom is 0.222 e. The van der Waals surface area contributed by atoms with Crippen LogP contribution in [0.1, 0.15) is 57.2 Å². The second kappa shape index (κ2) is 5.78. The molecule has 1 amide bonds. The van der Waals surface area contributed by atoms with Crippen molar-refractivity contribution in [3.63, 3.8) is 0 Å². The molecule has 108 valence electrons. The molecule has 0 aliphatic heterocycles. The van der Waals surface area contributed by atoms with E-state index in [9.17, 15) is 4.79 Å². The predicted molar refractivity (Wildman–Crippen MR) is 76.8 cm³/mol. The third-order valence-electron chi connectivity index (χ3n) is 3.44. The highest BCUT2D eigenvalue weighted by atomic mass is 16.3. The number of nitrogens with one attached hydrogen (secondary N) is 1. The minimum atomic E-state index is -0.146. The summed E-state index contributed by atoms with van der Waals surface area (Å²) in [4.78, 5) is 12.0. The molecule has 1 rings (SSSR count). The molecule has 3 N–H and O–H groups in total. The van der Waals surface area contributed by atoms with Crippen LogP contribution in [0.4, 0.5) is 0 Å². The zero-order valence-corrected chi connectivity index (χ0v) is 12.8. The molecule has 1 aromatic heterocycles. The van der Waals surface area contributed by atoms with E-state index in [-0.39, 0.29) is 23.4 Å². The van der Waals surface area contributed by atoms with Crippen molar-refractivity contribution in [2.75, 3.05) is 0 Å². The standard InChI is InChI=1S/C15H26N2O2/c1-9-7-12(11(3)19-9)10(2)17-14(18)8-13(16)15(4,5)6/h7,10,13H,8,16H2,1-6H3,(H,17,18). The SMILES string of the molecule is Cc1cc(C(C)NC(=O)CC(N)C(C)(C)C)c(C)o1. The highest BCUT2D eigenvalue weighted by molar-refractivity contribution is 5.77. The lowest BCUT2D eigenvalue weighted by Gasteiger charge is -2.27. The van der Waals surface area contributed by atoms with Gasteiger partial charge in [0, 0.05) is 18.0 Å². The monoisotopic (exact) mass is 266 g/mol. The van der Waals surface area contributed by atoms with Gasteiger partial charge in [-0.3, -0.25) is 4.79 Å². The lowest BCUT2D eigenvalue weighted by Crippen LogP contribution is -2.40. The molecule has 0 aliphatic carbocycles. The Balaban J connectivity index is 2.60. The van der Waals surface area contributed by atoms with Crippen molar-refractivity contribution < 1.29 is 9.21 Å². The van der Waals surface area contributed by atoms with Gasteiger partial charge in [-0.15, -0.1) is 0 Å². The number of carbonyl (C=O) groups is 1. The van der Waals surface area contributed by atoms with E-state index in [0.717, 1.165) is 17.1 Å². The van der Waals surface area contributed by atoms with Gasteiger partial charge in [0.2, 0.25) is 5.91 Å². The van der Waals surface area contributed by atoms with Gasteiger partial charge in [-0.25, -0.2) is 0 Å². The fourth-order valence-electron chi connectivity index (χ4n) is 1.96. The lowest BCUT2D eigenvalue weighted by atomic mass is 9.85. The third-order valence-corrected chi connectivity index (χ3v) is 3.44. The second-order valence-corrected chi connectivity index (χ2v) is 6.33. The van der Waals surface area contributed by atoms with Gasteiger partial charge in [0.05, 0.1) is 6.04 Å². The molecular formula is C15H26N2O2. The minimum absolute atomic E-state index is 0.0202. The van der Waals surface area contributed by atoms with Crippen molar-refractivity contribution in [2.24, 2.45) is 11.1 Å². The molecule has 2 unspecified atom stereocenters. The number of rotatable bonds is 4. The average molecular weight is 266 g/mol. The Morgan fingerprint density at radius 2 is 2.00 bits per heavy atom. The van der Waals surface area contributed by atoms with Gasteiger partial charge in [-0.1, -0.05) is 20.8 Å². The van der Waals surface area contributed by atoms with Gasteiger partial charge in [-0.05, 0) is 32.3 Å². The van der Waals surface area contributed by atoms with Crippen LogP contribution in [-0.2, 0) is 4.79 Å². The van der Waals surface area contributed by atoms with Crippen LogP contribution in [0.25, 0.3) is 0 Å². The molecule has 0 saturated heterocycles. The van der Waals surface area contributed by atoms with E-state index < -0.39 is 0 Å². The molecule has 0 bridgehead atoms. The number of carbonyl (C=O) groups excluding carboxylic acids is 1. The molecule has 0 spiro atoms. The summed E-state index contributed by atoms with van der Waals surface area (Å²) in [5.41, 5.74) is 6.98. The van der Waals surface area contributed by atoms with E-state index in [1.54, 1.807) is 0 Å². The van der Waals surface area contributed by atoms with E-state index in [1.165, 1.54) is 0 Å². The van der Waals surface area contributed by atoms with E-state index in [1.807, 2.05) is 47.6 Å². The van der Waals surface area contributed by atoms with Crippen LogP contribution in [0.5, 0.6) is 0 Å². The van der Waals surface area contributed by atoms with Gasteiger partial charge < -0.3 is 15.5 Å².